The minimum atomic E-state index is 0. The summed E-state index contributed by atoms with van der Waals surface area (Å²) in [6, 6.07) is 38.5. The van der Waals surface area contributed by atoms with E-state index in [0.717, 1.165) is 0 Å². The molecule has 34 heavy (non-hydrogen) atoms. The molecule has 166 valence electrons. The summed E-state index contributed by atoms with van der Waals surface area (Å²) in [5.41, 5.74) is 3.99. The van der Waals surface area contributed by atoms with E-state index >= 15 is 0 Å². The normalized spacial score (nSPS) is 12.1. The van der Waals surface area contributed by atoms with E-state index in [4.69, 9.17) is 0 Å². The third-order valence-corrected chi connectivity index (χ3v) is 6.82. The Morgan fingerprint density at radius 3 is 1.74 bits per heavy atom. The standard InChI is InChI=1S/C18H13.C13H10.2ClH.Ti/c1-2-7-13(6-1)15-10-5-11-17-16-9-4-3-8-14(16)12-18(15)17;1-3-7-12(8-4-1)11-13-9-5-2-6-10-13;;;/h1-13H;1-10H;2*1H;/q-1;;;;+2/p-2. The molecule has 5 aromatic rings. The molecule has 1 aliphatic rings. The summed E-state index contributed by atoms with van der Waals surface area (Å²) in [4.78, 5) is 0. The van der Waals surface area contributed by atoms with Gasteiger partial charge < -0.3 is 24.8 Å². The second kappa shape index (κ2) is 12.2. The number of rotatable bonds is 3. The molecule has 0 saturated carbocycles. The summed E-state index contributed by atoms with van der Waals surface area (Å²) >= 11 is 2.16. The van der Waals surface area contributed by atoms with E-state index in [9.17, 15) is 0 Å². The van der Waals surface area contributed by atoms with Crippen molar-refractivity contribution in [2.24, 2.45) is 0 Å². The van der Waals surface area contributed by atoms with Crippen LogP contribution in [0.1, 0.15) is 22.6 Å². The molecule has 0 unspecified atom stereocenters. The molecule has 3 heteroatoms. The van der Waals surface area contributed by atoms with Crippen LogP contribution in [0.5, 0.6) is 0 Å². The topological polar surface area (TPSA) is 0 Å². The summed E-state index contributed by atoms with van der Waals surface area (Å²) in [7, 11) is 0. The molecule has 1 aliphatic carbocycles. The van der Waals surface area contributed by atoms with E-state index in [2.05, 4.69) is 141 Å². The van der Waals surface area contributed by atoms with Gasteiger partial charge in [0.15, 0.2) is 0 Å². The molecule has 6 rings (SSSR count). The van der Waals surface area contributed by atoms with Gasteiger partial charge in [-0.25, -0.2) is 0 Å². The zero-order valence-electron chi connectivity index (χ0n) is 18.5. The first-order valence-electron chi connectivity index (χ1n) is 10.9. The molecular formula is C31H23Cl2Ti-. The summed E-state index contributed by atoms with van der Waals surface area (Å²) < 4.78 is 1.33. The molecule has 0 saturated heterocycles. The van der Waals surface area contributed by atoms with Crippen LogP contribution in [0.2, 0.25) is 0 Å². The maximum absolute atomic E-state index is 2.32. The summed E-state index contributed by atoms with van der Waals surface area (Å²) in [6.07, 6.45) is 8.77. The number of allylic oxidation sites excluding steroid dienone is 4. The van der Waals surface area contributed by atoms with Gasteiger partial charge >= 0.3 is 95.6 Å². The van der Waals surface area contributed by atoms with Crippen molar-refractivity contribution in [1.82, 2.24) is 0 Å². The van der Waals surface area contributed by atoms with Gasteiger partial charge in [-0.2, -0.15) is 0 Å². The Bertz CT molecular complexity index is 1380. The fraction of sp³-hybridized carbons (Fsp3) is 0.0323. The number of benzene rings is 4. The van der Waals surface area contributed by atoms with Gasteiger partial charge in [0.2, 0.25) is 0 Å². The van der Waals surface area contributed by atoms with E-state index in [-0.39, 0.29) is 24.8 Å². The Morgan fingerprint density at radius 1 is 0.588 bits per heavy atom. The van der Waals surface area contributed by atoms with Crippen LogP contribution in [0, 0.1) is 0 Å². The summed E-state index contributed by atoms with van der Waals surface area (Å²) in [6.45, 7) is 0. The molecule has 0 nitrogen and oxygen atoms in total. The van der Waals surface area contributed by atoms with Gasteiger partial charge in [0, 0.05) is 0 Å². The van der Waals surface area contributed by atoms with Crippen molar-refractivity contribution in [2.45, 2.75) is 5.92 Å². The predicted octanol–water partition coefficient (Wildman–Crippen LogP) is 1.73. The van der Waals surface area contributed by atoms with Gasteiger partial charge in [-0.05, 0) is 5.92 Å². The average Bonchev–Trinajstić information content (AvgIpc) is 3.53. The van der Waals surface area contributed by atoms with Crippen molar-refractivity contribution >= 4 is 25.4 Å². The SMILES string of the molecule is C1=CC(c2cccc3c2[cH-]c2ccccc23)C=C1.[Cl-].[Cl-].[Ti+2]=[C](c1ccccc1)c1ccccc1. The fourth-order valence-corrected chi connectivity index (χ4v) is 4.83. The number of hydrogen-bond donors (Lipinski definition) is 0. The van der Waals surface area contributed by atoms with Gasteiger partial charge in [-0.1, -0.05) is 66.3 Å². The molecule has 0 aliphatic heterocycles. The average molecular weight is 514 g/mol. The Balaban J connectivity index is 0.000000186. The van der Waals surface area contributed by atoms with Crippen LogP contribution in [-0.4, -0.2) is 3.81 Å². The molecule has 0 amide bonds. The van der Waals surface area contributed by atoms with Crippen molar-refractivity contribution in [1.29, 1.82) is 0 Å². The van der Waals surface area contributed by atoms with Crippen molar-refractivity contribution < 1.29 is 44.8 Å². The molecule has 0 spiro atoms. The van der Waals surface area contributed by atoms with Crippen molar-refractivity contribution in [3.63, 3.8) is 0 Å². The summed E-state index contributed by atoms with van der Waals surface area (Å²) in [5.74, 6) is 0.436. The van der Waals surface area contributed by atoms with Gasteiger partial charge in [0.1, 0.15) is 0 Å². The molecule has 0 bridgehead atoms. The minimum absolute atomic E-state index is 0. The van der Waals surface area contributed by atoms with E-state index < -0.39 is 0 Å². The molecule has 0 radical (unpaired) electrons. The van der Waals surface area contributed by atoms with E-state index in [0.29, 0.717) is 5.92 Å². The van der Waals surface area contributed by atoms with Crippen molar-refractivity contribution in [2.75, 3.05) is 0 Å². The van der Waals surface area contributed by atoms with Crippen LogP contribution in [-0.2, 0) is 20.0 Å². The second-order valence-corrected chi connectivity index (χ2v) is 8.72. The molecule has 0 atom stereocenters. The monoisotopic (exact) mass is 513 g/mol. The zero-order valence-corrected chi connectivity index (χ0v) is 21.6. The molecular weight excluding hydrogens is 491 g/mol. The van der Waals surface area contributed by atoms with E-state index in [1.165, 1.54) is 42.0 Å². The van der Waals surface area contributed by atoms with Crippen LogP contribution < -0.4 is 24.8 Å². The quantitative estimate of drug-likeness (QED) is 0.254. The van der Waals surface area contributed by atoms with E-state index in [1.54, 1.807) is 0 Å². The Kier molecular flexibility index (Phi) is 9.33. The van der Waals surface area contributed by atoms with Gasteiger partial charge in [0.25, 0.3) is 0 Å². The maximum atomic E-state index is 2.32. The zero-order chi connectivity index (χ0) is 21.8. The van der Waals surface area contributed by atoms with Gasteiger partial charge in [-0.15, -0.1) is 33.7 Å². The van der Waals surface area contributed by atoms with Crippen molar-refractivity contribution in [3.8, 4) is 0 Å². The Morgan fingerprint density at radius 2 is 1.12 bits per heavy atom. The number of halogens is 2. The van der Waals surface area contributed by atoms with E-state index in [1.807, 2.05) is 12.1 Å². The first kappa shape index (κ1) is 26.0. The molecule has 0 N–H and O–H groups in total. The Labute approximate surface area is 225 Å². The summed E-state index contributed by atoms with van der Waals surface area (Å²) in [5, 5.41) is 5.46. The van der Waals surface area contributed by atoms with Crippen LogP contribution >= 0.6 is 0 Å². The molecule has 0 heterocycles. The van der Waals surface area contributed by atoms with Gasteiger partial charge in [-0.3, -0.25) is 0 Å². The van der Waals surface area contributed by atoms with Crippen LogP contribution in [0.25, 0.3) is 21.5 Å². The third kappa shape index (κ3) is 5.54. The van der Waals surface area contributed by atoms with Crippen LogP contribution in [0.4, 0.5) is 0 Å². The first-order valence-corrected chi connectivity index (χ1v) is 11.7. The fourth-order valence-electron chi connectivity index (χ4n) is 4.31. The first-order chi connectivity index (χ1) is 15.8. The van der Waals surface area contributed by atoms with Gasteiger partial charge in [0.05, 0.1) is 0 Å². The molecule has 0 fully saturated rings. The molecule has 0 aromatic heterocycles. The second-order valence-electron chi connectivity index (χ2n) is 7.94. The number of hydrogen-bond acceptors (Lipinski definition) is 0. The molecule has 5 aromatic carbocycles. The number of fused-ring (bicyclic) bond motifs is 3. The van der Waals surface area contributed by atoms with Crippen molar-refractivity contribution in [3.05, 3.63) is 150 Å². The Hall–Kier alpha value is -2.61. The van der Waals surface area contributed by atoms with Crippen LogP contribution in [0.15, 0.2) is 133 Å². The van der Waals surface area contributed by atoms with Crippen LogP contribution in [0.3, 0.4) is 0 Å². The third-order valence-electron chi connectivity index (χ3n) is 5.92. The predicted molar refractivity (Wildman–Crippen MR) is 134 cm³/mol.